The lowest BCUT2D eigenvalue weighted by molar-refractivity contribution is -0.150. The molecule has 1 aromatic rings. The predicted octanol–water partition coefficient (Wildman–Crippen LogP) is 0.275. The fourth-order valence-corrected chi connectivity index (χ4v) is 3.26. The van der Waals surface area contributed by atoms with E-state index in [-0.39, 0.29) is 11.5 Å². The van der Waals surface area contributed by atoms with E-state index < -0.39 is 21.6 Å². The number of para-hydroxylation sites is 1. The van der Waals surface area contributed by atoms with Gasteiger partial charge in [0.15, 0.2) is 0 Å². The zero-order chi connectivity index (χ0) is 15.7. The van der Waals surface area contributed by atoms with Crippen LogP contribution in [-0.2, 0) is 19.6 Å². The number of nitrogens with one attached hydrogen (secondary N) is 1. The maximum Gasteiger partial charge on any atom is 0.329 e. The summed E-state index contributed by atoms with van der Waals surface area (Å²) < 4.78 is 31.6. The van der Waals surface area contributed by atoms with Crippen molar-refractivity contribution in [2.45, 2.75) is 17.4 Å². The van der Waals surface area contributed by atoms with Crippen LogP contribution in [0.4, 0.5) is 5.69 Å². The summed E-state index contributed by atoms with van der Waals surface area (Å²) >= 11 is 0. The van der Waals surface area contributed by atoms with Gasteiger partial charge in [0.05, 0.1) is 5.69 Å². The van der Waals surface area contributed by atoms with Crippen molar-refractivity contribution in [1.29, 1.82) is 0 Å². The lowest BCUT2D eigenvalue weighted by Gasteiger charge is -2.49. The summed E-state index contributed by atoms with van der Waals surface area (Å²) in [6.07, 6.45) is 0. The highest BCUT2D eigenvalue weighted by Gasteiger charge is 2.41. The van der Waals surface area contributed by atoms with Crippen molar-refractivity contribution in [2.75, 3.05) is 31.6 Å². The molecule has 0 unspecified atom stereocenters. The molecule has 0 atom stereocenters. The molecule has 1 aromatic carbocycles. The van der Waals surface area contributed by atoms with Gasteiger partial charge >= 0.3 is 5.97 Å². The average molecular weight is 314 g/mol. The molecule has 0 bridgehead atoms. The second kappa shape index (κ2) is 5.63. The fraction of sp³-hybridized carbons (Fsp3) is 0.462. The van der Waals surface area contributed by atoms with E-state index in [4.69, 9.17) is 9.84 Å². The van der Waals surface area contributed by atoms with Gasteiger partial charge in [-0.15, -0.1) is 0 Å². The largest absolute Gasteiger partial charge is 0.480 e. The molecule has 0 spiro atoms. The van der Waals surface area contributed by atoms with Gasteiger partial charge in [-0.2, -0.15) is 0 Å². The van der Waals surface area contributed by atoms with Crippen LogP contribution < -0.4 is 9.62 Å². The third kappa shape index (κ3) is 3.34. The number of hydrogen-bond acceptors (Lipinski definition) is 5. The number of rotatable bonds is 6. The molecule has 1 saturated heterocycles. The molecule has 8 heteroatoms. The summed E-state index contributed by atoms with van der Waals surface area (Å²) in [5, 5.41) is 8.64. The third-order valence-corrected chi connectivity index (χ3v) is 4.82. The molecule has 1 heterocycles. The van der Waals surface area contributed by atoms with Crippen LogP contribution in [0.3, 0.4) is 0 Å². The van der Waals surface area contributed by atoms with Crippen LogP contribution in [0, 0.1) is 0 Å². The molecule has 0 aliphatic carbocycles. The Kier molecular flexibility index (Phi) is 4.22. The normalized spacial score (nSPS) is 17.3. The van der Waals surface area contributed by atoms with Gasteiger partial charge in [0.2, 0.25) is 10.0 Å². The fourth-order valence-electron chi connectivity index (χ4n) is 2.31. The molecule has 0 saturated carbocycles. The van der Waals surface area contributed by atoms with Gasteiger partial charge < -0.3 is 14.7 Å². The maximum atomic E-state index is 12.0. The first-order valence-electron chi connectivity index (χ1n) is 6.41. The molecule has 1 aliphatic heterocycles. The molecule has 2 rings (SSSR count). The molecule has 0 aromatic heterocycles. The van der Waals surface area contributed by atoms with Crippen molar-refractivity contribution in [2.24, 2.45) is 0 Å². The number of benzene rings is 1. The molecule has 2 N–H and O–H groups in total. The van der Waals surface area contributed by atoms with E-state index in [1.807, 2.05) is 11.8 Å². The number of carbonyl (C=O) groups is 1. The summed E-state index contributed by atoms with van der Waals surface area (Å²) in [7, 11) is -2.18. The van der Waals surface area contributed by atoms with Crippen LogP contribution in [0.2, 0.25) is 0 Å². The minimum Gasteiger partial charge on any atom is -0.480 e. The van der Waals surface area contributed by atoms with Crippen molar-refractivity contribution < 1.29 is 23.1 Å². The second-order valence-electron chi connectivity index (χ2n) is 5.16. The Morgan fingerprint density at radius 2 is 2.05 bits per heavy atom. The number of ether oxygens (including phenoxy) is 1. The average Bonchev–Trinajstić information content (AvgIpc) is 2.42. The molecule has 21 heavy (non-hydrogen) atoms. The first kappa shape index (κ1) is 15.7. The summed E-state index contributed by atoms with van der Waals surface area (Å²) in [6, 6.07) is 6.68. The molecule has 1 aliphatic rings. The SMILES string of the molecule is CNS(=O)(=O)c1ccccc1N1CC(C)(OCC(=O)O)C1. The van der Waals surface area contributed by atoms with E-state index in [1.54, 1.807) is 18.2 Å². The molecule has 7 nitrogen and oxygen atoms in total. The Hall–Kier alpha value is -1.64. The number of carboxylic acid groups (broad SMARTS) is 1. The topological polar surface area (TPSA) is 95.9 Å². The van der Waals surface area contributed by atoms with Crippen LogP contribution in [-0.4, -0.2) is 51.8 Å². The number of hydrogen-bond donors (Lipinski definition) is 2. The Balaban J connectivity index is 2.14. The Bertz CT molecular complexity index is 638. The smallest absolute Gasteiger partial charge is 0.329 e. The van der Waals surface area contributed by atoms with E-state index in [0.717, 1.165) is 0 Å². The second-order valence-corrected chi connectivity index (χ2v) is 7.02. The number of nitrogens with zero attached hydrogens (tertiary/aromatic N) is 1. The minimum atomic E-state index is -3.54. The van der Waals surface area contributed by atoms with E-state index in [0.29, 0.717) is 18.8 Å². The van der Waals surface area contributed by atoms with Gasteiger partial charge in [0, 0.05) is 13.1 Å². The van der Waals surface area contributed by atoms with Crippen molar-refractivity contribution in [3.63, 3.8) is 0 Å². The predicted molar refractivity (Wildman–Crippen MR) is 76.9 cm³/mol. The number of anilines is 1. The lowest BCUT2D eigenvalue weighted by Crippen LogP contribution is -2.62. The van der Waals surface area contributed by atoms with Crippen LogP contribution in [0.15, 0.2) is 29.2 Å². The highest BCUT2D eigenvalue weighted by atomic mass is 32.2. The molecular weight excluding hydrogens is 296 g/mol. The first-order valence-corrected chi connectivity index (χ1v) is 7.89. The van der Waals surface area contributed by atoms with Gasteiger partial charge in [-0.05, 0) is 26.1 Å². The van der Waals surface area contributed by atoms with E-state index >= 15 is 0 Å². The third-order valence-electron chi connectivity index (χ3n) is 3.36. The summed E-state index contributed by atoms with van der Waals surface area (Å²) in [6.45, 7) is 2.33. The zero-order valence-electron chi connectivity index (χ0n) is 11.9. The van der Waals surface area contributed by atoms with E-state index in [2.05, 4.69) is 4.72 Å². The van der Waals surface area contributed by atoms with Crippen LogP contribution >= 0.6 is 0 Å². The van der Waals surface area contributed by atoms with Gasteiger partial charge in [-0.25, -0.2) is 17.9 Å². The highest BCUT2D eigenvalue weighted by molar-refractivity contribution is 7.89. The quantitative estimate of drug-likeness (QED) is 0.783. The standard InChI is InChI=1S/C13H18N2O5S/c1-13(20-7-12(16)17)8-15(9-13)10-5-3-4-6-11(10)21(18,19)14-2/h3-6,14H,7-9H2,1-2H3,(H,16,17). The molecule has 1 fully saturated rings. The van der Waals surface area contributed by atoms with Crippen LogP contribution in [0.5, 0.6) is 0 Å². The number of carboxylic acids is 1. The molecule has 0 radical (unpaired) electrons. The van der Waals surface area contributed by atoms with Gasteiger partial charge in [0.1, 0.15) is 17.1 Å². The van der Waals surface area contributed by atoms with Crippen molar-refractivity contribution in [3.05, 3.63) is 24.3 Å². The lowest BCUT2D eigenvalue weighted by atomic mass is 9.95. The van der Waals surface area contributed by atoms with Crippen molar-refractivity contribution >= 4 is 21.7 Å². The van der Waals surface area contributed by atoms with Gasteiger partial charge in [-0.3, -0.25) is 0 Å². The maximum absolute atomic E-state index is 12.0. The van der Waals surface area contributed by atoms with Crippen LogP contribution in [0.1, 0.15) is 6.92 Å². The highest BCUT2D eigenvalue weighted by Crippen LogP contribution is 2.34. The Morgan fingerprint density at radius 3 is 2.62 bits per heavy atom. The molecule has 0 amide bonds. The van der Waals surface area contributed by atoms with Crippen molar-refractivity contribution in [3.8, 4) is 0 Å². The summed E-state index contributed by atoms with van der Waals surface area (Å²) in [5.74, 6) is -1.02. The van der Waals surface area contributed by atoms with Gasteiger partial charge in [0.25, 0.3) is 0 Å². The number of aliphatic carboxylic acids is 1. The molecule has 116 valence electrons. The van der Waals surface area contributed by atoms with Crippen molar-refractivity contribution in [1.82, 2.24) is 4.72 Å². The van der Waals surface area contributed by atoms with Gasteiger partial charge in [-0.1, -0.05) is 12.1 Å². The van der Waals surface area contributed by atoms with Crippen LogP contribution in [0.25, 0.3) is 0 Å². The number of sulfonamides is 1. The zero-order valence-corrected chi connectivity index (χ0v) is 12.7. The first-order chi connectivity index (χ1) is 9.77. The summed E-state index contributed by atoms with van der Waals surface area (Å²) in [5.41, 5.74) is 0.0118. The molecular formula is C13H18N2O5S. The summed E-state index contributed by atoms with van der Waals surface area (Å²) in [4.78, 5) is 12.6. The minimum absolute atomic E-state index is 0.202. The Morgan fingerprint density at radius 1 is 1.43 bits per heavy atom. The monoisotopic (exact) mass is 314 g/mol. The van der Waals surface area contributed by atoms with E-state index in [9.17, 15) is 13.2 Å². The van der Waals surface area contributed by atoms with E-state index in [1.165, 1.54) is 13.1 Å². The Labute approximate surface area is 123 Å².